The Hall–Kier alpha value is -2.28. The van der Waals surface area contributed by atoms with Crippen LogP contribution in [0.25, 0.3) is 11.1 Å². The third-order valence-electron chi connectivity index (χ3n) is 12.1. The fourth-order valence-electron chi connectivity index (χ4n) is 8.95. The van der Waals surface area contributed by atoms with Gasteiger partial charge in [0.25, 0.3) is 0 Å². The third-order valence-corrected chi connectivity index (χ3v) is 12.1. The number of hydrogen-bond donors (Lipinski definition) is 5. The van der Waals surface area contributed by atoms with E-state index in [4.69, 9.17) is 9.57 Å². The van der Waals surface area contributed by atoms with Gasteiger partial charge in [-0.3, -0.25) is 15.5 Å². The Morgan fingerprint density at radius 3 is 2.19 bits per heavy atom. The predicted molar refractivity (Wildman–Crippen MR) is 216 cm³/mol. The van der Waals surface area contributed by atoms with E-state index in [1.165, 1.54) is 6.42 Å². The summed E-state index contributed by atoms with van der Waals surface area (Å²) in [5.41, 5.74) is 4.69. The molecule has 0 radical (unpaired) electrons. The normalized spacial score (nSPS) is 25.5. The van der Waals surface area contributed by atoms with Gasteiger partial charge in [-0.1, -0.05) is 73.6 Å². The fourth-order valence-corrected chi connectivity index (χ4v) is 8.95. The van der Waals surface area contributed by atoms with Gasteiger partial charge >= 0.3 is 0 Å². The first kappa shape index (κ1) is 43.4. The number of benzene rings is 2. The minimum absolute atomic E-state index is 0.275. The van der Waals surface area contributed by atoms with Crippen LogP contribution in [0.4, 0.5) is 5.69 Å². The van der Waals surface area contributed by atoms with Gasteiger partial charge in [-0.05, 0) is 84.7 Å². The molecule has 0 spiro atoms. The summed E-state index contributed by atoms with van der Waals surface area (Å²) in [5, 5.41) is 42.6. The molecule has 1 saturated heterocycles. The summed E-state index contributed by atoms with van der Waals surface area (Å²) >= 11 is 0. The van der Waals surface area contributed by atoms with E-state index in [1.807, 2.05) is 61.3 Å². The van der Waals surface area contributed by atoms with Crippen LogP contribution in [-0.2, 0) is 11.4 Å². The standard InChI is InChI=1S/C43H73N5O5/c1-26(2)22-47(23-27(3)4)25-37-38(30(7)49)39(42(51)45-21-28(5)36-17-29(6)43(36,8)9)48(53-37)24-31-15-14-16-35(40(31)52-13)32-18-33(41(50)44-10)20-34(19-32)46(11)12/h14-16,18-20,26-30,36-39,41-42,44-45,49-51H,17,21-25H2,1-13H3/t28-,29-,30+,36-,37+,38-,39+,41?,42?/m1/s1. The number of anilines is 1. The number of methoxy groups -OCH3 is 1. The molecule has 300 valence electrons. The molecule has 2 fully saturated rings. The van der Waals surface area contributed by atoms with Crippen molar-refractivity contribution in [2.24, 2.45) is 40.9 Å². The monoisotopic (exact) mass is 740 g/mol. The van der Waals surface area contributed by atoms with E-state index in [1.54, 1.807) is 14.2 Å². The maximum Gasteiger partial charge on any atom is 0.131 e. The second-order valence-corrected chi connectivity index (χ2v) is 17.8. The Bertz CT molecular complexity index is 1440. The second-order valence-electron chi connectivity index (χ2n) is 17.8. The molecular weight excluding hydrogens is 667 g/mol. The number of para-hydroxylation sites is 1. The average Bonchev–Trinajstić information content (AvgIpc) is 3.45. The molecule has 0 amide bonds. The number of nitrogens with zero attached hydrogens (tertiary/aromatic N) is 3. The number of nitrogens with one attached hydrogen (secondary N) is 2. The molecule has 2 aromatic rings. The second kappa shape index (κ2) is 18.6. The molecule has 1 heterocycles. The third kappa shape index (κ3) is 10.3. The zero-order valence-corrected chi connectivity index (χ0v) is 35.1. The van der Waals surface area contributed by atoms with Crippen LogP contribution in [0.5, 0.6) is 5.75 Å². The van der Waals surface area contributed by atoms with Crippen LogP contribution in [0.1, 0.15) is 86.1 Å². The Balaban J connectivity index is 1.71. The van der Waals surface area contributed by atoms with Crippen molar-refractivity contribution in [2.75, 3.05) is 59.3 Å². The molecule has 1 saturated carbocycles. The van der Waals surface area contributed by atoms with Gasteiger partial charge in [0, 0.05) is 63.0 Å². The molecule has 0 bridgehead atoms. The van der Waals surface area contributed by atoms with E-state index >= 15 is 0 Å². The zero-order chi connectivity index (χ0) is 39.4. The molecular formula is C43H73N5O5. The summed E-state index contributed by atoms with van der Waals surface area (Å²) in [7, 11) is 7.39. The van der Waals surface area contributed by atoms with Gasteiger partial charge in [-0.2, -0.15) is 5.06 Å². The Morgan fingerprint density at radius 1 is 1.00 bits per heavy atom. The summed E-state index contributed by atoms with van der Waals surface area (Å²) in [6.45, 7) is 23.6. The minimum Gasteiger partial charge on any atom is -0.496 e. The number of rotatable bonds is 19. The quantitative estimate of drug-likeness (QED) is 0.111. The summed E-state index contributed by atoms with van der Waals surface area (Å²) in [6, 6.07) is 11.6. The molecule has 2 unspecified atom stereocenters. The van der Waals surface area contributed by atoms with E-state index in [9.17, 15) is 15.3 Å². The van der Waals surface area contributed by atoms with E-state index in [0.29, 0.717) is 55.0 Å². The molecule has 53 heavy (non-hydrogen) atoms. The van der Waals surface area contributed by atoms with Crippen molar-refractivity contribution >= 4 is 5.69 Å². The number of aliphatic hydroxyl groups excluding tert-OH is 3. The first-order valence-corrected chi connectivity index (χ1v) is 20.0. The maximum absolute atomic E-state index is 12.1. The number of ether oxygens (including phenoxy) is 1. The zero-order valence-electron chi connectivity index (χ0n) is 35.1. The van der Waals surface area contributed by atoms with E-state index in [0.717, 1.165) is 41.0 Å². The molecule has 1 aliphatic carbocycles. The minimum atomic E-state index is -0.928. The lowest BCUT2D eigenvalue weighted by Gasteiger charge is -2.54. The molecule has 0 aromatic heterocycles. The molecule has 5 N–H and O–H groups in total. The summed E-state index contributed by atoms with van der Waals surface area (Å²) in [4.78, 5) is 11.4. The molecule has 10 nitrogen and oxygen atoms in total. The number of hydroxylamine groups is 2. The fraction of sp³-hybridized carbons (Fsp3) is 0.721. The Morgan fingerprint density at radius 2 is 1.66 bits per heavy atom. The van der Waals surface area contributed by atoms with Crippen molar-refractivity contribution in [3.05, 3.63) is 47.5 Å². The van der Waals surface area contributed by atoms with E-state index in [-0.39, 0.29) is 17.4 Å². The van der Waals surface area contributed by atoms with Crippen LogP contribution in [0.3, 0.4) is 0 Å². The highest BCUT2D eigenvalue weighted by atomic mass is 16.7. The molecule has 2 aromatic carbocycles. The highest BCUT2D eigenvalue weighted by molar-refractivity contribution is 5.76. The summed E-state index contributed by atoms with van der Waals surface area (Å²) < 4.78 is 6.16. The van der Waals surface area contributed by atoms with E-state index < -0.39 is 24.6 Å². The van der Waals surface area contributed by atoms with Gasteiger partial charge in [0.15, 0.2) is 0 Å². The highest BCUT2D eigenvalue weighted by Gasteiger charge is 2.51. The summed E-state index contributed by atoms with van der Waals surface area (Å²) in [6.07, 6.45) is -1.59. The molecule has 4 rings (SSSR count). The maximum atomic E-state index is 12.1. The number of hydrogen-bond acceptors (Lipinski definition) is 10. The molecule has 10 heteroatoms. The van der Waals surface area contributed by atoms with Crippen LogP contribution in [0.2, 0.25) is 0 Å². The lowest BCUT2D eigenvalue weighted by molar-refractivity contribution is -0.189. The first-order valence-electron chi connectivity index (χ1n) is 20.0. The van der Waals surface area contributed by atoms with Gasteiger partial charge in [0.1, 0.15) is 18.2 Å². The molecule has 1 aliphatic heterocycles. The van der Waals surface area contributed by atoms with Gasteiger partial charge in [0.2, 0.25) is 0 Å². The number of aliphatic hydroxyl groups is 3. The Kier molecular flexibility index (Phi) is 15.2. The van der Waals surface area contributed by atoms with Crippen molar-refractivity contribution in [1.29, 1.82) is 0 Å². The van der Waals surface area contributed by atoms with Crippen molar-refractivity contribution in [3.63, 3.8) is 0 Å². The lowest BCUT2D eigenvalue weighted by Crippen LogP contribution is -2.55. The van der Waals surface area contributed by atoms with Crippen LogP contribution in [0.15, 0.2) is 36.4 Å². The van der Waals surface area contributed by atoms with Crippen molar-refractivity contribution in [3.8, 4) is 16.9 Å². The van der Waals surface area contributed by atoms with Gasteiger partial charge in [-0.25, -0.2) is 0 Å². The lowest BCUT2D eigenvalue weighted by atomic mass is 9.52. The van der Waals surface area contributed by atoms with Gasteiger partial charge < -0.3 is 29.9 Å². The Labute approximate surface area is 321 Å². The van der Waals surface area contributed by atoms with Crippen molar-refractivity contribution in [2.45, 2.75) is 106 Å². The SMILES string of the molecule is CNC(O)c1cc(-c2cccc(CN3O[C@@H](CN(CC(C)C)CC(C)C)[C@@H]([C@H](C)O)[C@H]3C(O)NC[C@@H](C)[C@H]3C[C@@H](C)C3(C)C)c2OC)cc(N(C)C)c1. The smallest absolute Gasteiger partial charge is 0.131 e. The van der Waals surface area contributed by atoms with Gasteiger partial charge in [0.05, 0.1) is 31.9 Å². The topological polar surface area (TPSA) is 113 Å². The van der Waals surface area contributed by atoms with Crippen LogP contribution < -0.4 is 20.3 Å². The molecule has 9 atom stereocenters. The first-order chi connectivity index (χ1) is 24.9. The van der Waals surface area contributed by atoms with Crippen LogP contribution >= 0.6 is 0 Å². The molecule has 2 aliphatic rings. The van der Waals surface area contributed by atoms with Crippen molar-refractivity contribution in [1.82, 2.24) is 20.6 Å². The predicted octanol–water partition coefficient (Wildman–Crippen LogP) is 5.96. The van der Waals surface area contributed by atoms with Crippen molar-refractivity contribution < 1.29 is 24.9 Å². The van der Waals surface area contributed by atoms with Crippen LogP contribution in [0, 0.1) is 40.9 Å². The van der Waals surface area contributed by atoms with Crippen LogP contribution in [-0.4, -0.2) is 104 Å². The average molecular weight is 740 g/mol. The van der Waals surface area contributed by atoms with E-state index in [2.05, 4.69) is 77.0 Å². The largest absolute Gasteiger partial charge is 0.496 e. The highest BCUT2D eigenvalue weighted by Crippen LogP contribution is 2.54. The van der Waals surface area contributed by atoms with Gasteiger partial charge in [-0.15, -0.1) is 0 Å². The summed E-state index contributed by atoms with van der Waals surface area (Å²) in [5.74, 6) is 2.98.